The number of hydrogen-bond donors (Lipinski definition) is 0. The van der Waals surface area contributed by atoms with Gasteiger partial charge in [0.1, 0.15) is 0 Å². The first-order chi connectivity index (χ1) is 11.1. The average molecular weight is 321 g/mol. The summed E-state index contributed by atoms with van der Waals surface area (Å²) in [5.74, 6) is 3.85. The molecular weight excluding hydrogens is 284 g/mol. The van der Waals surface area contributed by atoms with E-state index in [0.29, 0.717) is 17.6 Å². The molecule has 2 heteroatoms. The summed E-state index contributed by atoms with van der Waals surface area (Å²) < 4.78 is 10.9. The predicted molar refractivity (Wildman–Crippen MR) is 93.4 cm³/mol. The highest BCUT2D eigenvalue weighted by Crippen LogP contribution is 2.51. The van der Waals surface area contributed by atoms with E-state index >= 15 is 0 Å². The molecule has 0 aromatic carbocycles. The minimum Gasteiger partial charge on any atom is -0.373 e. The Kier molecular flexibility index (Phi) is 4.75. The third-order valence-corrected chi connectivity index (χ3v) is 7.80. The van der Waals surface area contributed by atoms with Crippen molar-refractivity contribution in [2.45, 2.75) is 90.3 Å². The molecule has 0 radical (unpaired) electrons. The highest BCUT2D eigenvalue weighted by molar-refractivity contribution is 4.92. The van der Waals surface area contributed by atoms with Crippen LogP contribution in [0, 0.1) is 29.1 Å². The zero-order valence-electron chi connectivity index (χ0n) is 15.3. The SMILES string of the molecule is CC(C)(C1CCC(CC2CO2)CC1)C1CCC(CC2CO2)CC1. The largest absolute Gasteiger partial charge is 0.373 e. The minimum absolute atomic E-state index is 0.558. The summed E-state index contributed by atoms with van der Waals surface area (Å²) >= 11 is 0. The van der Waals surface area contributed by atoms with Crippen molar-refractivity contribution >= 4 is 0 Å². The fourth-order valence-electron chi connectivity index (χ4n) is 5.77. The zero-order chi connectivity index (χ0) is 15.9. The molecule has 2 aliphatic heterocycles. The molecule has 0 aromatic heterocycles. The Morgan fingerprint density at radius 2 is 1.00 bits per heavy atom. The molecule has 2 atom stereocenters. The standard InChI is InChI=1S/C21H36O2/c1-21(2,17-7-3-15(4-8-17)11-19-13-22-19)18-9-5-16(6-10-18)12-20-14-23-20/h15-20H,3-14H2,1-2H3. The van der Waals surface area contributed by atoms with Gasteiger partial charge in [0.05, 0.1) is 25.4 Å². The highest BCUT2D eigenvalue weighted by atomic mass is 16.6. The summed E-state index contributed by atoms with van der Waals surface area (Å²) in [6.07, 6.45) is 15.7. The molecule has 0 bridgehead atoms. The second-order valence-electron chi connectivity index (χ2n) is 9.64. The zero-order valence-corrected chi connectivity index (χ0v) is 15.3. The van der Waals surface area contributed by atoms with Crippen LogP contribution in [-0.4, -0.2) is 25.4 Å². The van der Waals surface area contributed by atoms with Crippen molar-refractivity contribution in [1.29, 1.82) is 0 Å². The van der Waals surface area contributed by atoms with Crippen molar-refractivity contribution in [3.8, 4) is 0 Å². The van der Waals surface area contributed by atoms with Gasteiger partial charge in [0, 0.05) is 0 Å². The minimum atomic E-state index is 0.558. The molecule has 2 unspecified atom stereocenters. The van der Waals surface area contributed by atoms with Crippen molar-refractivity contribution in [2.24, 2.45) is 29.1 Å². The van der Waals surface area contributed by atoms with Gasteiger partial charge in [-0.3, -0.25) is 0 Å². The number of hydrogen-bond acceptors (Lipinski definition) is 2. The Morgan fingerprint density at radius 3 is 1.30 bits per heavy atom. The molecule has 132 valence electrons. The van der Waals surface area contributed by atoms with Crippen molar-refractivity contribution in [3.63, 3.8) is 0 Å². The summed E-state index contributed by atoms with van der Waals surface area (Å²) in [4.78, 5) is 0. The lowest BCUT2D eigenvalue weighted by atomic mass is 9.59. The van der Waals surface area contributed by atoms with E-state index in [2.05, 4.69) is 13.8 Å². The molecule has 0 N–H and O–H groups in total. The van der Waals surface area contributed by atoms with Crippen LogP contribution < -0.4 is 0 Å². The first kappa shape index (κ1) is 16.4. The van der Waals surface area contributed by atoms with Crippen LogP contribution in [0.5, 0.6) is 0 Å². The topological polar surface area (TPSA) is 25.1 Å². The maximum Gasteiger partial charge on any atom is 0.0812 e. The summed E-state index contributed by atoms with van der Waals surface area (Å²) in [7, 11) is 0. The van der Waals surface area contributed by atoms with Crippen molar-refractivity contribution in [3.05, 3.63) is 0 Å². The van der Waals surface area contributed by atoms with Crippen LogP contribution in [-0.2, 0) is 9.47 Å². The lowest BCUT2D eigenvalue weighted by Gasteiger charge is -2.47. The Labute approximate surface area is 142 Å². The number of epoxide rings is 2. The summed E-state index contributed by atoms with van der Waals surface area (Å²) in [6.45, 7) is 7.27. The van der Waals surface area contributed by atoms with Crippen LogP contribution in [0.25, 0.3) is 0 Å². The third-order valence-electron chi connectivity index (χ3n) is 7.80. The van der Waals surface area contributed by atoms with Crippen LogP contribution >= 0.6 is 0 Å². The van der Waals surface area contributed by atoms with Gasteiger partial charge in [-0.2, -0.15) is 0 Å². The monoisotopic (exact) mass is 320 g/mol. The Hall–Kier alpha value is -0.0800. The van der Waals surface area contributed by atoms with Crippen LogP contribution in [0.3, 0.4) is 0 Å². The average Bonchev–Trinajstić information content (AvgIpc) is 3.45. The normalized spacial score (nSPS) is 44.1. The summed E-state index contributed by atoms with van der Waals surface area (Å²) in [6, 6.07) is 0. The van der Waals surface area contributed by atoms with Gasteiger partial charge in [-0.15, -0.1) is 0 Å². The fraction of sp³-hybridized carbons (Fsp3) is 1.00. The van der Waals surface area contributed by atoms with Gasteiger partial charge in [-0.05, 0) is 67.6 Å². The van der Waals surface area contributed by atoms with Crippen molar-refractivity contribution in [2.75, 3.05) is 13.2 Å². The fourth-order valence-corrected chi connectivity index (χ4v) is 5.77. The van der Waals surface area contributed by atoms with Gasteiger partial charge < -0.3 is 9.47 Å². The molecule has 2 nitrogen and oxygen atoms in total. The molecule has 2 aliphatic carbocycles. The Bertz CT molecular complexity index is 345. The van der Waals surface area contributed by atoms with Gasteiger partial charge in [-0.1, -0.05) is 39.5 Å². The second kappa shape index (κ2) is 6.67. The smallest absolute Gasteiger partial charge is 0.0812 e. The number of rotatable bonds is 6. The lowest BCUT2D eigenvalue weighted by Crippen LogP contribution is -2.37. The van der Waals surface area contributed by atoms with Gasteiger partial charge >= 0.3 is 0 Å². The Morgan fingerprint density at radius 1 is 0.652 bits per heavy atom. The molecule has 2 saturated carbocycles. The first-order valence-electron chi connectivity index (χ1n) is 10.3. The predicted octanol–water partition coefficient (Wildman–Crippen LogP) is 5.20. The van der Waals surface area contributed by atoms with Crippen LogP contribution in [0.2, 0.25) is 0 Å². The number of ether oxygens (including phenoxy) is 2. The van der Waals surface area contributed by atoms with E-state index in [9.17, 15) is 0 Å². The first-order valence-corrected chi connectivity index (χ1v) is 10.3. The quantitative estimate of drug-likeness (QED) is 0.628. The van der Waals surface area contributed by atoms with Gasteiger partial charge in [0.2, 0.25) is 0 Å². The molecular formula is C21H36O2. The van der Waals surface area contributed by atoms with Crippen LogP contribution in [0.4, 0.5) is 0 Å². The van der Waals surface area contributed by atoms with Gasteiger partial charge in [0.15, 0.2) is 0 Å². The third kappa shape index (κ3) is 4.12. The Balaban J connectivity index is 1.24. The second-order valence-corrected chi connectivity index (χ2v) is 9.64. The van der Waals surface area contributed by atoms with E-state index in [1.165, 1.54) is 64.2 Å². The van der Waals surface area contributed by atoms with Crippen molar-refractivity contribution in [1.82, 2.24) is 0 Å². The van der Waals surface area contributed by atoms with E-state index in [1.807, 2.05) is 0 Å². The molecule has 4 rings (SSSR count). The molecule has 2 saturated heterocycles. The van der Waals surface area contributed by atoms with Gasteiger partial charge in [0.25, 0.3) is 0 Å². The maximum atomic E-state index is 5.43. The highest BCUT2D eigenvalue weighted by Gasteiger charge is 2.41. The molecule has 23 heavy (non-hydrogen) atoms. The van der Waals surface area contributed by atoms with Crippen molar-refractivity contribution < 1.29 is 9.47 Å². The van der Waals surface area contributed by atoms with E-state index in [1.54, 1.807) is 0 Å². The van der Waals surface area contributed by atoms with E-state index in [4.69, 9.17) is 9.47 Å². The lowest BCUT2D eigenvalue weighted by molar-refractivity contribution is 0.0357. The molecule has 0 aromatic rings. The summed E-state index contributed by atoms with van der Waals surface area (Å²) in [5.41, 5.74) is 0.558. The van der Waals surface area contributed by atoms with E-state index < -0.39 is 0 Å². The summed E-state index contributed by atoms with van der Waals surface area (Å²) in [5, 5.41) is 0. The molecule has 4 aliphatic rings. The molecule has 0 amide bonds. The molecule has 4 fully saturated rings. The van der Waals surface area contributed by atoms with E-state index in [0.717, 1.165) is 36.9 Å². The molecule has 0 spiro atoms. The molecule has 2 heterocycles. The van der Waals surface area contributed by atoms with Gasteiger partial charge in [-0.25, -0.2) is 0 Å². The van der Waals surface area contributed by atoms with E-state index in [-0.39, 0.29) is 0 Å². The van der Waals surface area contributed by atoms with Crippen LogP contribution in [0.1, 0.15) is 78.1 Å². The maximum absolute atomic E-state index is 5.43. The van der Waals surface area contributed by atoms with Crippen LogP contribution in [0.15, 0.2) is 0 Å².